The minimum atomic E-state index is -0.167. The highest BCUT2D eigenvalue weighted by Gasteiger charge is 2.22. The van der Waals surface area contributed by atoms with E-state index in [-0.39, 0.29) is 17.2 Å². The van der Waals surface area contributed by atoms with Gasteiger partial charge in [0.1, 0.15) is 0 Å². The summed E-state index contributed by atoms with van der Waals surface area (Å²) in [4.78, 5) is 32.6. The molecule has 1 saturated heterocycles. The zero-order chi connectivity index (χ0) is 20.4. The molecule has 5 nitrogen and oxygen atoms in total. The third kappa shape index (κ3) is 4.33. The van der Waals surface area contributed by atoms with Crippen LogP contribution in [0.4, 0.5) is 0 Å². The lowest BCUT2D eigenvalue weighted by molar-refractivity contribution is -0.130. The number of benzene rings is 2. The fourth-order valence-electron chi connectivity index (χ4n) is 3.69. The van der Waals surface area contributed by atoms with E-state index >= 15 is 0 Å². The highest BCUT2D eigenvalue weighted by molar-refractivity contribution is 7.99. The standard InChI is InChI=1S/C22H22ClN3O2S/c1-15-6-5-11-25(13-15)20(27)14-29-22-24-19-10-3-2-9-18(19)21(28)26(22)17-8-4-7-16(23)12-17/h2-4,7-10,12,15H,5-6,11,13-14H2,1H3. The summed E-state index contributed by atoms with van der Waals surface area (Å²) >= 11 is 7.45. The van der Waals surface area contributed by atoms with E-state index in [1.165, 1.54) is 11.8 Å². The van der Waals surface area contributed by atoms with E-state index in [1.807, 2.05) is 29.2 Å². The Kier molecular flexibility index (Phi) is 5.92. The monoisotopic (exact) mass is 427 g/mol. The number of carbonyl (C=O) groups is 1. The lowest BCUT2D eigenvalue weighted by Crippen LogP contribution is -2.40. The SMILES string of the molecule is CC1CCCN(C(=O)CSc2nc3ccccc3c(=O)n2-c2cccc(Cl)c2)C1. The van der Waals surface area contributed by atoms with Crippen LogP contribution in [-0.4, -0.2) is 39.2 Å². The summed E-state index contributed by atoms with van der Waals surface area (Å²) in [6.07, 6.45) is 2.20. The highest BCUT2D eigenvalue weighted by atomic mass is 35.5. The van der Waals surface area contributed by atoms with E-state index in [9.17, 15) is 9.59 Å². The van der Waals surface area contributed by atoms with Gasteiger partial charge in [0.25, 0.3) is 5.56 Å². The third-order valence-corrected chi connectivity index (χ3v) is 6.30. The van der Waals surface area contributed by atoms with Crippen LogP contribution in [0, 0.1) is 5.92 Å². The Morgan fingerprint density at radius 3 is 2.86 bits per heavy atom. The highest BCUT2D eigenvalue weighted by Crippen LogP contribution is 2.24. The molecule has 0 aliphatic carbocycles. The number of aromatic nitrogens is 2. The molecule has 2 heterocycles. The van der Waals surface area contributed by atoms with Crippen molar-refractivity contribution in [3.8, 4) is 5.69 Å². The lowest BCUT2D eigenvalue weighted by Gasteiger charge is -2.30. The van der Waals surface area contributed by atoms with Crippen molar-refractivity contribution in [2.24, 2.45) is 5.92 Å². The molecule has 29 heavy (non-hydrogen) atoms. The first kappa shape index (κ1) is 20.0. The Bertz CT molecular complexity index is 1110. The summed E-state index contributed by atoms with van der Waals surface area (Å²) in [5.41, 5.74) is 1.10. The van der Waals surface area contributed by atoms with Gasteiger partial charge in [-0.2, -0.15) is 0 Å². The molecule has 1 amide bonds. The molecule has 1 atom stereocenters. The van der Waals surface area contributed by atoms with Gasteiger partial charge in [0.15, 0.2) is 5.16 Å². The molecular weight excluding hydrogens is 406 g/mol. The molecule has 0 spiro atoms. The van der Waals surface area contributed by atoms with Crippen molar-refractivity contribution in [1.29, 1.82) is 0 Å². The van der Waals surface area contributed by atoms with Crippen molar-refractivity contribution < 1.29 is 4.79 Å². The number of hydrogen-bond donors (Lipinski definition) is 0. The minimum absolute atomic E-state index is 0.0848. The van der Waals surface area contributed by atoms with Crippen molar-refractivity contribution in [3.05, 3.63) is 63.9 Å². The Balaban J connectivity index is 1.70. The van der Waals surface area contributed by atoms with E-state index in [2.05, 4.69) is 11.9 Å². The first-order chi connectivity index (χ1) is 14.0. The summed E-state index contributed by atoms with van der Waals surface area (Å²) < 4.78 is 1.55. The molecule has 0 radical (unpaired) electrons. The smallest absolute Gasteiger partial charge is 0.266 e. The number of carbonyl (C=O) groups excluding carboxylic acids is 1. The summed E-state index contributed by atoms with van der Waals surface area (Å²) in [6, 6.07) is 14.4. The maximum atomic E-state index is 13.2. The molecule has 1 aliphatic heterocycles. The van der Waals surface area contributed by atoms with Crippen LogP contribution >= 0.6 is 23.4 Å². The van der Waals surface area contributed by atoms with Crippen LogP contribution in [0.5, 0.6) is 0 Å². The molecule has 1 fully saturated rings. The molecule has 0 saturated carbocycles. The molecule has 1 aliphatic rings. The van der Waals surface area contributed by atoms with Crippen LogP contribution in [0.15, 0.2) is 58.5 Å². The number of para-hydroxylation sites is 1. The van der Waals surface area contributed by atoms with Crippen LogP contribution in [-0.2, 0) is 4.79 Å². The topological polar surface area (TPSA) is 55.2 Å². The quantitative estimate of drug-likeness (QED) is 0.457. The molecule has 1 unspecified atom stereocenters. The average molecular weight is 428 g/mol. The predicted octanol–water partition coefficient (Wildman–Crippen LogP) is 4.39. The van der Waals surface area contributed by atoms with E-state index < -0.39 is 0 Å². The van der Waals surface area contributed by atoms with Crippen molar-refractivity contribution >= 4 is 40.2 Å². The second-order valence-electron chi connectivity index (χ2n) is 7.41. The second kappa shape index (κ2) is 8.59. The Morgan fingerprint density at radius 1 is 1.24 bits per heavy atom. The molecule has 4 rings (SSSR count). The van der Waals surface area contributed by atoms with Gasteiger partial charge in [-0.3, -0.25) is 14.2 Å². The van der Waals surface area contributed by atoms with E-state index in [1.54, 1.807) is 28.8 Å². The van der Waals surface area contributed by atoms with Crippen molar-refractivity contribution in [2.45, 2.75) is 24.9 Å². The summed E-state index contributed by atoms with van der Waals surface area (Å²) in [7, 11) is 0. The molecule has 0 N–H and O–H groups in total. The average Bonchev–Trinajstić information content (AvgIpc) is 2.72. The molecule has 1 aromatic heterocycles. The van der Waals surface area contributed by atoms with Gasteiger partial charge in [0.05, 0.1) is 22.3 Å². The van der Waals surface area contributed by atoms with Gasteiger partial charge >= 0.3 is 0 Å². The van der Waals surface area contributed by atoms with Crippen LogP contribution in [0.25, 0.3) is 16.6 Å². The van der Waals surface area contributed by atoms with Crippen molar-refractivity contribution in [3.63, 3.8) is 0 Å². The predicted molar refractivity (Wildman–Crippen MR) is 118 cm³/mol. The molecule has 2 aromatic carbocycles. The van der Waals surface area contributed by atoms with Crippen LogP contribution in [0.1, 0.15) is 19.8 Å². The van der Waals surface area contributed by atoms with Crippen LogP contribution < -0.4 is 5.56 Å². The fraction of sp³-hybridized carbons (Fsp3) is 0.318. The van der Waals surface area contributed by atoms with Gasteiger partial charge in [0.2, 0.25) is 5.91 Å². The van der Waals surface area contributed by atoms with E-state index in [4.69, 9.17) is 11.6 Å². The molecule has 0 bridgehead atoms. The van der Waals surface area contributed by atoms with Crippen LogP contribution in [0.3, 0.4) is 0 Å². The molecule has 3 aromatic rings. The van der Waals surface area contributed by atoms with Gasteiger partial charge in [-0.15, -0.1) is 0 Å². The first-order valence-electron chi connectivity index (χ1n) is 9.71. The summed E-state index contributed by atoms with van der Waals surface area (Å²) in [6.45, 7) is 3.77. The lowest BCUT2D eigenvalue weighted by atomic mass is 10.0. The molecule has 150 valence electrons. The van der Waals surface area contributed by atoms with Crippen molar-refractivity contribution in [2.75, 3.05) is 18.8 Å². The number of rotatable bonds is 4. The number of fused-ring (bicyclic) bond motifs is 1. The number of amides is 1. The van der Waals surface area contributed by atoms with Crippen molar-refractivity contribution in [1.82, 2.24) is 14.5 Å². The van der Waals surface area contributed by atoms with Gasteiger partial charge in [-0.25, -0.2) is 4.98 Å². The Morgan fingerprint density at radius 2 is 2.07 bits per heavy atom. The maximum Gasteiger partial charge on any atom is 0.266 e. The number of nitrogens with zero attached hydrogens (tertiary/aromatic N) is 3. The number of hydrogen-bond acceptors (Lipinski definition) is 4. The summed E-state index contributed by atoms with van der Waals surface area (Å²) in [5.74, 6) is 0.862. The largest absolute Gasteiger partial charge is 0.342 e. The number of halogens is 1. The van der Waals surface area contributed by atoms with E-state index in [0.717, 1.165) is 25.9 Å². The normalized spacial score (nSPS) is 16.9. The number of likely N-dealkylation sites (tertiary alicyclic amines) is 1. The van der Waals surface area contributed by atoms with E-state index in [0.29, 0.717) is 32.7 Å². The van der Waals surface area contributed by atoms with Crippen LogP contribution in [0.2, 0.25) is 5.02 Å². The van der Waals surface area contributed by atoms with Gasteiger partial charge < -0.3 is 4.90 Å². The third-order valence-electron chi connectivity index (χ3n) is 5.15. The maximum absolute atomic E-state index is 13.2. The van der Waals surface area contributed by atoms with Gasteiger partial charge in [-0.1, -0.05) is 48.5 Å². The molecule has 7 heteroatoms. The number of piperidine rings is 1. The first-order valence-corrected chi connectivity index (χ1v) is 11.1. The number of thioether (sulfide) groups is 1. The molecular formula is C22H22ClN3O2S. The Hall–Kier alpha value is -2.31. The van der Waals surface area contributed by atoms with Gasteiger partial charge in [-0.05, 0) is 49.1 Å². The zero-order valence-electron chi connectivity index (χ0n) is 16.2. The minimum Gasteiger partial charge on any atom is -0.342 e. The summed E-state index contributed by atoms with van der Waals surface area (Å²) in [5, 5.41) is 1.57. The fourth-order valence-corrected chi connectivity index (χ4v) is 4.79. The Labute approximate surface area is 178 Å². The second-order valence-corrected chi connectivity index (χ2v) is 8.79. The zero-order valence-corrected chi connectivity index (χ0v) is 17.7. The van der Waals surface area contributed by atoms with Gasteiger partial charge in [0, 0.05) is 18.1 Å².